The molecular formula is C11H12BrN5O. The average molecular weight is 310 g/mol. The summed E-state index contributed by atoms with van der Waals surface area (Å²) in [5, 5.41) is 0. The van der Waals surface area contributed by atoms with E-state index >= 15 is 0 Å². The van der Waals surface area contributed by atoms with Crippen molar-refractivity contribution in [1.29, 1.82) is 0 Å². The number of nitrogen functional groups attached to an aromatic ring is 1. The summed E-state index contributed by atoms with van der Waals surface area (Å²) in [5.41, 5.74) is 5.60. The zero-order valence-electron chi connectivity index (χ0n) is 9.96. The number of hydrogen-bond acceptors (Lipinski definition) is 6. The van der Waals surface area contributed by atoms with E-state index in [4.69, 9.17) is 10.5 Å². The molecule has 1 aromatic carbocycles. The second-order valence-corrected chi connectivity index (χ2v) is 4.64. The largest absolute Gasteiger partial charge is 0.424 e. The second kappa shape index (κ2) is 5.18. The zero-order valence-corrected chi connectivity index (χ0v) is 11.5. The number of nitrogens with zero attached hydrogens (tertiary/aromatic N) is 4. The SMILES string of the molecule is CN(C)c1nc(N)nc(Oc2ccc(Br)cc2)n1. The van der Waals surface area contributed by atoms with Crippen LogP contribution in [0.5, 0.6) is 11.8 Å². The van der Waals surface area contributed by atoms with Crippen molar-refractivity contribution in [1.82, 2.24) is 15.0 Å². The predicted octanol–water partition coefficient (Wildman–Crippen LogP) is 2.07. The third-order valence-electron chi connectivity index (χ3n) is 2.04. The van der Waals surface area contributed by atoms with Crippen molar-refractivity contribution in [2.75, 3.05) is 24.7 Å². The Morgan fingerprint density at radius 1 is 1.11 bits per heavy atom. The minimum Gasteiger partial charge on any atom is -0.424 e. The molecule has 6 nitrogen and oxygen atoms in total. The van der Waals surface area contributed by atoms with Crippen LogP contribution < -0.4 is 15.4 Å². The van der Waals surface area contributed by atoms with Gasteiger partial charge in [-0.2, -0.15) is 15.0 Å². The van der Waals surface area contributed by atoms with Gasteiger partial charge < -0.3 is 15.4 Å². The van der Waals surface area contributed by atoms with E-state index in [-0.39, 0.29) is 12.0 Å². The van der Waals surface area contributed by atoms with Crippen molar-refractivity contribution < 1.29 is 4.74 Å². The molecular weight excluding hydrogens is 298 g/mol. The molecule has 2 N–H and O–H groups in total. The lowest BCUT2D eigenvalue weighted by molar-refractivity contribution is 0.441. The maximum atomic E-state index is 5.60. The fraction of sp³-hybridized carbons (Fsp3) is 0.182. The molecule has 1 aromatic heterocycles. The van der Waals surface area contributed by atoms with Crippen LogP contribution in [0.1, 0.15) is 0 Å². The van der Waals surface area contributed by atoms with Gasteiger partial charge in [-0.3, -0.25) is 0 Å². The molecule has 0 unspecified atom stereocenters. The van der Waals surface area contributed by atoms with Crippen LogP contribution in [-0.2, 0) is 0 Å². The van der Waals surface area contributed by atoms with Crippen LogP contribution in [0.15, 0.2) is 28.7 Å². The molecule has 0 atom stereocenters. The maximum Gasteiger partial charge on any atom is 0.328 e. The van der Waals surface area contributed by atoms with Crippen LogP contribution in [0.2, 0.25) is 0 Å². The highest BCUT2D eigenvalue weighted by Crippen LogP contribution is 2.21. The molecule has 0 fully saturated rings. The zero-order chi connectivity index (χ0) is 13.1. The van der Waals surface area contributed by atoms with E-state index in [0.29, 0.717) is 11.7 Å². The number of rotatable bonds is 3. The van der Waals surface area contributed by atoms with Crippen molar-refractivity contribution in [2.24, 2.45) is 0 Å². The first kappa shape index (κ1) is 12.6. The van der Waals surface area contributed by atoms with Gasteiger partial charge in [0.1, 0.15) is 5.75 Å². The fourth-order valence-electron chi connectivity index (χ4n) is 1.21. The first-order valence-corrected chi connectivity index (χ1v) is 5.96. The summed E-state index contributed by atoms with van der Waals surface area (Å²) < 4.78 is 6.49. The molecule has 18 heavy (non-hydrogen) atoms. The number of ether oxygens (including phenoxy) is 1. The van der Waals surface area contributed by atoms with Gasteiger partial charge in [-0.15, -0.1) is 0 Å². The number of nitrogens with two attached hydrogens (primary N) is 1. The number of aromatic nitrogens is 3. The highest BCUT2D eigenvalue weighted by Gasteiger charge is 2.07. The van der Waals surface area contributed by atoms with E-state index in [9.17, 15) is 0 Å². The second-order valence-electron chi connectivity index (χ2n) is 3.73. The Kier molecular flexibility index (Phi) is 3.61. The molecule has 0 saturated heterocycles. The summed E-state index contributed by atoms with van der Waals surface area (Å²) in [7, 11) is 3.64. The summed E-state index contributed by atoms with van der Waals surface area (Å²) in [6, 6.07) is 7.52. The third kappa shape index (κ3) is 3.07. The smallest absolute Gasteiger partial charge is 0.328 e. The maximum absolute atomic E-state index is 5.60. The van der Waals surface area contributed by atoms with Crippen LogP contribution in [0.25, 0.3) is 0 Å². The Morgan fingerprint density at radius 3 is 2.39 bits per heavy atom. The van der Waals surface area contributed by atoms with Crippen LogP contribution in [0.4, 0.5) is 11.9 Å². The molecule has 0 saturated carbocycles. The minimum absolute atomic E-state index is 0.126. The average Bonchev–Trinajstić information content (AvgIpc) is 2.31. The summed E-state index contributed by atoms with van der Waals surface area (Å²) in [6.07, 6.45) is 0. The summed E-state index contributed by atoms with van der Waals surface area (Å²) >= 11 is 3.35. The van der Waals surface area contributed by atoms with Crippen LogP contribution in [0, 0.1) is 0 Å². The van der Waals surface area contributed by atoms with Crippen molar-refractivity contribution in [3.05, 3.63) is 28.7 Å². The standard InChI is InChI=1S/C11H12BrN5O/c1-17(2)10-14-9(13)15-11(16-10)18-8-5-3-7(12)4-6-8/h3-6H,1-2H3,(H2,13,14,15,16). The van der Waals surface area contributed by atoms with E-state index in [1.165, 1.54) is 0 Å². The molecule has 0 radical (unpaired) electrons. The molecule has 2 aromatic rings. The fourth-order valence-corrected chi connectivity index (χ4v) is 1.48. The van der Waals surface area contributed by atoms with E-state index in [0.717, 1.165) is 4.47 Å². The molecule has 0 spiro atoms. The highest BCUT2D eigenvalue weighted by molar-refractivity contribution is 9.10. The highest BCUT2D eigenvalue weighted by atomic mass is 79.9. The van der Waals surface area contributed by atoms with Gasteiger partial charge in [-0.05, 0) is 24.3 Å². The Bertz CT molecular complexity index is 544. The normalized spacial score (nSPS) is 10.2. The molecule has 0 aliphatic heterocycles. The van der Waals surface area contributed by atoms with Gasteiger partial charge in [0.2, 0.25) is 11.9 Å². The van der Waals surface area contributed by atoms with Crippen molar-refractivity contribution in [2.45, 2.75) is 0 Å². The van der Waals surface area contributed by atoms with Gasteiger partial charge in [-0.1, -0.05) is 15.9 Å². The summed E-state index contributed by atoms with van der Waals surface area (Å²) in [6.45, 7) is 0. The lowest BCUT2D eigenvalue weighted by Crippen LogP contribution is -2.15. The van der Waals surface area contributed by atoms with Gasteiger partial charge in [-0.25, -0.2) is 0 Å². The lowest BCUT2D eigenvalue weighted by Gasteiger charge is -2.11. The molecule has 0 bridgehead atoms. The van der Waals surface area contributed by atoms with Crippen LogP contribution >= 0.6 is 15.9 Å². The molecule has 0 aliphatic carbocycles. The molecule has 0 amide bonds. The number of benzene rings is 1. The van der Waals surface area contributed by atoms with E-state index in [1.54, 1.807) is 17.0 Å². The van der Waals surface area contributed by atoms with Crippen LogP contribution in [0.3, 0.4) is 0 Å². The summed E-state index contributed by atoms with van der Waals surface area (Å²) in [5.74, 6) is 1.21. The van der Waals surface area contributed by atoms with Gasteiger partial charge in [0.25, 0.3) is 0 Å². The van der Waals surface area contributed by atoms with E-state index < -0.39 is 0 Å². The first-order chi connectivity index (χ1) is 8.54. The third-order valence-corrected chi connectivity index (χ3v) is 2.57. The van der Waals surface area contributed by atoms with Gasteiger partial charge in [0.05, 0.1) is 0 Å². The van der Waals surface area contributed by atoms with Crippen molar-refractivity contribution in [3.63, 3.8) is 0 Å². The van der Waals surface area contributed by atoms with Crippen molar-refractivity contribution in [3.8, 4) is 11.8 Å². The van der Waals surface area contributed by atoms with Gasteiger partial charge in [0, 0.05) is 18.6 Å². The Hall–Kier alpha value is -1.89. The van der Waals surface area contributed by atoms with E-state index in [2.05, 4.69) is 30.9 Å². The van der Waals surface area contributed by atoms with E-state index in [1.807, 2.05) is 26.2 Å². The van der Waals surface area contributed by atoms with Crippen LogP contribution in [-0.4, -0.2) is 29.0 Å². The summed E-state index contributed by atoms with van der Waals surface area (Å²) in [4.78, 5) is 13.8. The molecule has 0 aliphatic rings. The first-order valence-electron chi connectivity index (χ1n) is 5.17. The molecule has 94 valence electrons. The molecule has 2 rings (SSSR count). The number of halogens is 1. The topological polar surface area (TPSA) is 77.2 Å². The lowest BCUT2D eigenvalue weighted by atomic mass is 10.3. The Balaban J connectivity index is 2.26. The van der Waals surface area contributed by atoms with Gasteiger partial charge >= 0.3 is 6.01 Å². The number of hydrogen-bond donors (Lipinski definition) is 1. The molecule has 1 heterocycles. The van der Waals surface area contributed by atoms with Gasteiger partial charge in [0.15, 0.2) is 0 Å². The Morgan fingerprint density at radius 2 is 1.78 bits per heavy atom. The Labute approximate surface area is 113 Å². The minimum atomic E-state index is 0.126. The van der Waals surface area contributed by atoms with Crippen molar-refractivity contribution >= 4 is 27.8 Å². The monoisotopic (exact) mass is 309 g/mol. The molecule has 7 heteroatoms. The predicted molar refractivity (Wildman–Crippen MR) is 72.8 cm³/mol. The number of anilines is 2. The quantitative estimate of drug-likeness (QED) is 0.935.